The average molecular weight is 368 g/mol. The van der Waals surface area contributed by atoms with Crippen LogP contribution in [0.2, 0.25) is 0 Å². The van der Waals surface area contributed by atoms with E-state index >= 15 is 0 Å². The predicted molar refractivity (Wildman–Crippen MR) is 96.4 cm³/mol. The molecule has 2 rings (SSSR count). The largest absolute Gasteiger partial charge is 0.365 e. The highest BCUT2D eigenvalue weighted by atomic mass is 32.2. The normalized spacial score (nSPS) is 17.7. The number of carbonyl (C=O) groups is 1. The van der Waals surface area contributed by atoms with Crippen molar-refractivity contribution >= 4 is 15.9 Å². The van der Waals surface area contributed by atoms with E-state index in [0.29, 0.717) is 12.1 Å². The van der Waals surface area contributed by atoms with Crippen molar-refractivity contribution in [1.82, 2.24) is 5.32 Å². The Morgan fingerprint density at radius 2 is 1.92 bits per heavy atom. The number of ether oxygens (including phenoxy) is 1. The van der Waals surface area contributed by atoms with Gasteiger partial charge in [0, 0.05) is 6.54 Å². The first-order valence-corrected chi connectivity index (χ1v) is 10.4. The molecule has 1 unspecified atom stereocenters. The van der Waals surface area contributed by atoms with Gasteiger partial charge in [0.1, 0.15) is 6.10 Å². The molecule has 0 saturated heterocycles. The molecule has 1 aliphatic rings. The van der Waals surface area contributed by atoms with Crippen molar-refractivity contribution in [3.05, 3.63) is 29.3 Å². The molecule has 3 N–H and O–H groups in total. The smallest absolute Gasteiger partial charge is 0.249 e. The van der Waals surface area contributed by atoms with Crippen LogP contribution in [-0.2, 0) is 26.1 Å². The summed E-state index contributed by atoms with van der Waals surface area (Å²) in [6.07, 6.45) is 6.52. The number of hydrogen-bond acceptors (Lipinski definition) is 4. The number of amides is 1. The third-order valence-corrected chi connectivity index (χ3v) is 5.65. The van der Waals surface area contributed by atoms with E-state index in [4.69, 9.17) is 9.88 Å². The molecular weight excluding hydrogens is 340 g/mol. The average Bonchev–Trinajstić information content (AvgIpc) is 2.80. The third-order valence-electron chi connectivity index (χ3n) is 4.58. The summed E-state index contributed by atoms with van der Waals surface area (Å²) in [4.78, 5) is 12.3. The highest BCUT2D eigenvalue weighted by molar-refractivity contribution is 7.89. The van der Waals surface area contributed by atoms with Crippen LogP contribution in [0.15, 0.2) is 23.1 Å². The van der Waals surface area contributed by atoms with Crippen LogP contribution in [0, 0.1) is 6.92 Å². The van der Waals surface area contributed by atoms with Crippen molar-refractivity contribution in [2.75, 3.05) is 0 Å². The molecule has 0 heterocycles. The number of sulfonamides is 1. The highest BCUT2D eigenvalue weighted by Crippen LogP contribution is 2.21. The molecule has 0 bridgehead atoms. The maximum absolute atomic E-state index is 12.2. The standard InChI is InChI=1S/C18H28N2O4S/c1-13-11-15(9-10-17(13)25(19,22)23)12-20-18(21)14(2)24-16-7-5-3-4-6-8-16/h9-11,14,16H,3-8,12H2,1-2H3,(H,20,21)(H2,19,22,23). The van der Waals surface area contributed by atoms with E-state index in [1.165, 1.54) is 18.9 Å². The van der Waals surface area contributed by atoms with Crippen LogP contribution in [-0.4, -0.2) is 26.5 Å². The van der Waals surface area contributed by atoms with E-state index in [2.05, 4.69) is 5.32 Å². The lowest BCUT2D eigenvalue weighted by Crippen LogP contribution is -2.36. The molecule has 1 atom stereocenters. The second kappa shape index (κ2) is 8.78. The summed E-state index contributed by atoms with van der Waals surface area (Å²) in [5, 5.41) is 8.00. The second-order valence-electron chi connectivity index (χ2n) is 6.75. The fourth-order valence-corrected chi connectivity index (χ4v) is 3.97. The molecule has 140 valence electrons. The topological polar surface area (TPSA) is 98.5 Å². The van der Waals surface area contributed by atoms with Crippen LogP contribution in [0.5, 0.6) is 0 Å². The molecule has 1 aromatic carbocycles. The quantitative estimate of drug-likeness (QED) is 0.753. The van der Waals surface area contributed by atoms with Gasteiger partial charge in [-0.25, -0.2) is 13.6 Å². The fourth-order valence-electron chi connectivity index (χ4n) is 3.20. The van der Waals surface area contributed by atoms with E-state index < -0.39 is 16.1 Å². The lowest BCUT2D eigenvalue weighted by molar-refractivity contribution is -0.136. The van der Waals surface area contributed by atoms with Gasteiger partial charge in [-0.3, -0.25) is 4.79 Å². The number of hydrogen-bond donors (Lipinski definition) is 2. The number of primary sulfonamides is 1. The van der Waals surface area contributed by atoms with Gasteiger partial charge in [-0.15, -0.1) is 0 Å². The monoisotopic (exact) mass is 368 g/mol. The maximum Gasteiger partial charge on any atom is 0.249 e. The van der Waals surface area contributed by atoms with Crippen molar-refractivity contribution in [1.29, 1.82) is 0 Å². The minimum absolute atomic E-state index is 0.104. The number of aryl methyl sites for hydroxylation is 1. The molecular formula is C18H28N2O4S. The molecule has 6 nitrogen and oxygen atoms in total. The maximum atomic E-state index is 12.2. The van der Waals surface area contributed by atoms with Gasteiger partial charge in [-0.2, -0.15) is 0 Å². The van der Waals surface area contributed by atoms with Crippen molar-refractivity contribution in [2.45, 2.75) is 76.0 Å². The molecule has 1 fully saturated rings. The molecule has 1 aliphatic carbocycles. The lowest BCUT2D eigenvalue weighted by atomic mass is 10.1. The first-order valence-electron chi connectivity index (χ1n) is 8.83. The molecule has 25 heavy (non-hydrogen) atoms. The van der Waals surface area contributed by atoms with Gasteiger partial charge in [0.25, 0.3) is 0 Å². The molecule has 0 spiro atoms. The number of carbonyl (C=O) groups excluding carboxylic acids is 1. The zero-order valence-corrected chi connectivity index (χ0v) is 15.8. The molecule has 7 heteroatoms. The molecule has 1 amide bonds. The van der Waals surface area contributed by atoms with Crippen LogP contribution in [0.3, 0.4) is 0 Å². The summed E-state index contributed by atoms with van der Waals surface area (Å²) >= 11 is 0. The Morgan fingerprint density at radius 1 is 1.28 bits per heavy atom. The molecule has 0 aromatic heterocycles. The van der Waals surface area contributed by atoms with E-state index in [0.717, 1.165) is 31.2 Å². The zero-order chi connectivity index (χ0) is 18.4. The Labute approximate surface area is 150 Å². The highest BCUT2D eigenvalue weighted by Gasteiger charge is 2.20. The first-order chi connectivity index (χ1) is 11.8. The van der Waals surface area contributed by atoms with Crippen molar-refractivity contribution < 1.29 is 17.9 Å². The number of nitrogens with one attached hydrogen (secondary N) is 1. The molecule has 1 aromatic rings. The first kappa shape index (κ1) is 19.9. The van der Waals surface area contributed by atoms with Gasteiger partial charge in [0.2, 0.25) is 15.9 Å². The summed E-state index contributed by atoms with van der Waals surface area (Å²) in [5.74, 6) is -0.155. The second-order valence-corrected chi connectivity index (χ2v) is 8.28. The van der Waals surface area contributed by atoms with Crippen molar-refractivity contribution in [2.24, 2.45) is 5.14 Å². The van der Waals surface area contributed by atoms with Gasteiger partial charge in [0.15, 0.2) is 0 Å². The van der Waals surface area contributed by atoms with Crippen LogP contribution < -0.4 is 10.5 Å². The zero-order valence-electron chi connectivity index (χ0n) is 15.0. The molecule has 1 saturated carbocycles. The Kier molecular flexibility index (Phi) is 6.98. The number of benzene rings is 1. The van der Waals surface area contributed by atoms with Crippen molar-refractivity contribution in [3.63, 3.8) is 0 Å². The Hall–Kier alpha value is -1.44. The predicted octanol–water partition coefficient (Wildman–Crippen LogP) is 2.39. The van der Waals surface area contributed by atoms with Crippen molar-refractivity contribution in [3.8, 4) is 0 Å². The van der Waals surface area contributed by atoms with Gasteiger partial charge in [-0.05, 0) is 43.9 Å². The third kappa shape index (κ3) is 6.09. The molecule has 0 aliphatic heterocycles. The SMILES string of the molecule is Cc1cc(CNC(=O)C(C)OC2CCCCCC2)ccc1S(N)(=O)=O. The van der Waals surface area contributed by atoms with Crippen LogP contribution >= 0.6 is 0 Å². The number of rotatable bonds is 6. The van der Waals surface area contributed by atoms with Gasteiger partial charge in [0.05, 0.1) is 11.0 Å². The van der Waals surface area contributed by atoms with Gasteiger partial charge < -0.3 is 10.1 Å². The molecule has 0 radical (unpaired) electrons. The van der Waals surface area contributed by atoms with E-state index in [1.807, 2.05) is 0 Å². The van der Waals surface area contributed by atoms with Crippen LogP contribution in [0.25, 0.3) is 0 Å². The van der Waals surface area contributed by atoms with Crippen LogP contribution in [0.4, 0.5) is 0 Å². The summed E-state index contributed by atoms with van der Waals surface area (Å²) in [7, 11) is -3.72. The minimum Gasteiger partial charge on any atom is -0.365 e. The fraction of sp³-hybridized carbons (Fsp3) is 0.611. The minimum atomic E-state index is -3.72. The van der Waals surface area contributed by atoms with E-state index in [9.17, 15) is 13.2 Å². The summed E-state index contributed by atoms with van der Waals surface area (Å²) in [5.41, 5.74) is 1.39. The Bertz CT molecular complexity index is 695. The van der Waals surface area contributed by atoms with E-state index in [1.54, 1.807) is 26.0 Å². The van der Waals surface area contributed by atoms with Gasteiger partial charge >= 0.3 is 0 Å². The summed E-state index contributed by atoms with van der Waals surface area (Å²) < 4.78 is 28.8. The van der Waals surface area contributed by atoms with Crippen LogP contribution in [0.1, 0.15) is 56.6 Å². The van der Waals surface area contributed by atoms with Gasteiger partial charge in [-0.1, -0.05) is 37.8 Å². The van der Waals surface area contributed by atoms with E-state index in [-0.39, 0.29) is 16.9 Å². The Morgan fingerprint density at radius 3 is 2.48 bits per heavy atom. The lowest BCUT2D eigenvalue weighted by Gasteiger charge is -2.20. The summed E-state index contributed by atoms with van der Waals surface area (Å²) in [6.45, 7) is 3.78. The summed E-state index contributed by atoms with van der Waals surface area (Å²) in [6, 6.07) is 4.85. The number of nitrogens with two attached hydrogens (primary N) is 1. The Balaban J connectivity index is 1.87.